The van der Waals surface area contributed by atoms with Gasteiger partial charge in [0, 0.05) is 13.6 Å². The number of likely N-dealkylation sites (N-methyl/N-ethyl adjacent to an activating group) is 1. The fourth-order valence-electron chi connectivity index (χ4n) is 3.76. The number of ether oxygens (including phenoxy) is 2. The molecule has 0 aliphatic rings. The van der Waals surface area contributed by atoms with Gasteiger partial charge in [0.05, 0.1) is 24.8 Å². The lowest BCUT2D eigenvalue weighted by Gasteiger charge is -2.31. The van der Waals surface area contributed by atoms with Gasteiger partial charge in [-0.05, 0) is 61.0 Å². The summed E-state index contributed by atoms with van der Waals surface area (Å²) in [6.07, 6.45) is 0. The second-order valence-corrected chi connectivity index (χ2v) is 10.0. The lowest BCUT2D eigenvalue weighted by Crippen LogP contribution is -2.50. The molecular weight excluding hydrogens is 494 g/mol. The minimum absolute atomic E-state index is 0.0392. The standard InChI is InChI=1S/C27H31N3O6S/c1-20(27(32)28-2)29(18-21-9-8-10-24(17-21)36-4)26(31)19-30(22-13-15-23(35-3)16-14-22)37(33,34)25-11-6-5-7-12-25/h5-17,20H,18-19H2,1-4H3,(H,28,32). The van der Waals surface area contributed by atoms with Gasteiger partial charge < -0.3 is 19.7 Å². The number of nitrogens with zero attached hydrogens (tertiary/aromatic N) is 2. The molecule has 0 aliphatic heterocycles. The zero-order valence-corrected chi connectivity index (χ0v) is 22.1. The van der Waals surface area contributed by atoms with Crippen LogP contribution in [0.3, 0.4) is 0 Å². The first-order valence-corrected chi connectivity index (χ1v) is 13.0. The zero-order valence-electron chi connectivity index (χ0n) is 21.2. The van der Waals surface area contributed by atoms with Crippen molar-refractivity contribution in [3.63, 3.8) is 0 Å². The van der Waals surface area contributed by atoms with Gasteiger partial charge in [-0.2, -0.15) is 0 Å². The Morgan fingerprint density at radius 2 is 1.54 bits per heavy atom. The molecule has 0 heterocycles. The molecule has 1 unspecified atom stereocenters. The molecule has 0 aliphatic carbocycles. The van der Waals surface area contributed by atoms with E-state index in [-0.39, 0.29) is 23.0 Å². The second kappa shape index (κ2) is 12.3. The van der Waals surface area contributed by atoms with E-state index < -0.39 is 28.5 Å². The lowest BCUT2D eigenvalue weighted by atomic mass is 10.1. The number of carbonyl (C=O) groups excluding carboxylic acids is 2. The lowest BCUT2D eigenvalue weighted by molar-refractivity contribution is -0.139. The minimum Gasteiger partial charge on any atom is -0.497 e. The topological polar surface area (TPSA) is 105 Å². The van der Waals surface area contributed by atoms with Gasteiger partial charge in [0.2, 0.25) is 11.8 Å². The third kappa shape index (κ3) is 6.59. The van der Waals surface area contributed by atoms with E-state index in [1.165, 1.54) is 38.3 Å². The minimum atomic E-state index is -4.11. The molecule has 0 spiro atoms. The normalized spacial score (nSPS) is 11.8. The Hall–Kier alpha value is -4.05. The number of hydrogen-bond donors (Lipinski definition) is 1. The highest BCUT2D eigenvalue weighted by molar-refractivity contribution is 7.92. The molecule has 3 rings (SSSR count). The molecule has 10 heteroatoms. The molecule has 37 heavy (non-hydrogen) atoms. The molecule has 3 aromatic rings. The third-order valence-corrected chi connectivity index (χ3v) is 7.66. The molecule has 0 saturated heterocycles. The van der Waals surface area contributed by atoms with E-state index in [1.807, 2.05) is 0 Å². The van der Waals surface area contributed by atoms with Crippen LogP contribution >= 0.6 is 0 Å². The van der Waals surface area contributed by atoms with E-state index in [2.05, 4.69) is 5.32 Å². The van der Waals surface area contributed by atoms with Gasteiger partial charge >= 0.3 is 0 Å². The van der Waals surface area contributed by atoms with Crippen molar-refractivity contribution in [2.45, 2.75) is 24.4 Å². The average Bonchev–Trinajstić information content (AvgIpc) is 2.94. The van der Waals surface area contributed by atoms with Crippen molar-refractivity contribution < 1.29 is 27.5 Å². The summed E-state index contributed by atoms with van der Waals surface area (Å²) >= 11 is 0. The van der Waals surface area contributed by atoms with Crippen LogP contribution in [-0.2, 0) is 26.2 Å². The highest BCUT2D eigenvalue weighted by Gasteiger charge is 2.32. The summed E-state index contributed by atoms with van der Waals surface area (Å²) in [6, 6.07) is 20.5. The molecule has 0 saturated carbocycles. The van der Waals surface area contributed by atoms with Crippen molar-refractivity contribution in [1.29, 1.82) is 0 Å². The van der Waals surface area contributed by atoms with Crippen LogP contribution in [-0.4, -0.2) is 59.0 Å². The monoisotopic (exact) mass is 525 g/mol. The van der Waals surface area contributed by atoms with E-state index in [0.717, 1.165) is 9.87 Å². The van der Waals surface area contributed by atoms with Crippen LogP contribution in [0.5, 0.6) is 11.5 Å². The highest BCUT2D eigenvalue weighted by Crippen LogP contribution is 2.26. The Morgan fingerprint density at radius 3 is 2.14 bits per heavy atom. The second-order valence-electron chi connectivity index (χ2n) is 8.19. The first-order valence-electron chi connectivity index (χ1n) is 11.6. The number of methoxy groups -OCH3 is 2. The number of anilines is 1. The van der Waals surface area contributed by atoms with Crippen LogP contribution in [0.15, 0.2) is 83.8 Å². The van der Waals surface area contributed by atoms with E-state index in [1.54, 1.807) is 73.7 Å². The average molecular weight is 526 g/mol. The van der Waals surface area contributed by atoms with Gasteiger partial charge in [-0.1, -0.05) is 30.3 Å². The largest absolute Gasteiger partial charge is 0.497 e. The van der Waals surface area contributed by atoms with Crippen LogP contribution in [0.25, 0.3) is 0 Å². The smallest absolute Gasteiger partial charge is 0.264 e. The number of amides is 2. The Kier molecular flexibility index (Phi) is 9.13. The van der Waals surface area contributed by atoms with Gasteiger partial charge in [-0.25, -0.2) is 8.42 Å². The van der Waals surface area contributed by atoms with E-state index >= 15 is 0 Å². The van der Waals surface area contributed by atoms with Crippen LogP contribution in [0.2, 0.25) is 0 Å². The van der Waals surface area contributed by atoms with Crippen LogP contribution < -0.4 is 19.1 Å². The van der Waals surface area contributed by atoms with Crippen molar-refractivity contribution in [3.8, 4) is 11.5 Å². The van der Waals surface area contributed by atoms with Crippen molar-refractivity contribution in [3.05, 3.63) is 84.4 Å². The summed E-state index contributed by atoms with van der Waals surface area (Å²) in [4.78, 5) is 27.7. The molecule has 2 amide bonds. The summed E-state index contributed by atoms with van der Waals surface area (Å²) in [5.74, 6) is 0.219. The maximum Gasteiger partial charge on any atom is 0.264 e. The van der Waals surface area contributed by atoms with Crippen LogP contribution in [0.1, 0.15) is 12.5 Å². The first kappa shape index (κ1) is 27.5. The number of benzene rings is 3. The Bertz CT molecular complexity index is 1310. The number of hydrogen-bond acceptors (Lipinski definition) is 6. The Balaban J connectivity index is 2.02. The molecule has 0 fully saturated rings. The van der Waals surface area contributed by atoms with Gasteiger partial charge in [0.1, 0.15) is 24.1 Å². The SMILES string of the molecule is CNC(=O)C(C)N(Cc1cccc(OC)c1)C(=O)CN(c1ccc(OC)cc1)S(=O)(=O)c1ccccc1. The van der Waals surface area contributed by atoms with Gasteiger partial charge in [-0.3, -0.25) is 13.9 Å². The van der Waals surface area contributed by atoms with E-state index in [9.17, 15) is 18.0 Å². The van der Waals surface area contributed by atoms with E-state index in [0.29, 0.717) is 11.5 Å². The number of sulfonamides is 1. The molecule has 0 bridgehead atoms. The predicted molar refractivity (Wildman–Crippen MR) is 141 cm³/mol. The number of carbonyl (C=O) groups is 2. The molecule has 3 aromatic carbocycles. The molecule has 1 atom stereocenters. The molecule has 0 aromatic heterocycles. The van der Waals surface area contributed by atoms with E-state index in [4.69, 9.17) is 9.47 Å². The Morgan fingerprint density at radius 1 is 0.892 bits per heavy atom. The van der Waals surface area contributed by atoms with Gasteiger partial charge in [0.15, 0.2) is 0 Å². The summed E-state index contributed by atoms with van der Waals surface area (Å²) in [6.45, 7) is 1.15. The maximum atomic E-state index is 13.7. The van der Waals surface area contributed by atoms with Crippen LogP contribution in [0.4, 0.5) is 5.69 Å². The van der Waals surface area contributed by atoms with Crippen molar-refractivity contribution in [2.75, 3.05) is 32.1 Å². The number of rotatable bonds is 11. The quantitative estimate of drug-likeness (QED) is 0.413. The molecular formula is C27H31N3O6S. The van der Waals surface area contributed by atoms with Crippen LogP contribution in [0, 0.1) is 0 Å². The highest BCUT2D eigenvalue weighted by atomic mass is 32.2. The molecule has 196 valence electrons. The first-order chi connectivity index (χ1) is 17.7. The molecule has 0 radical (unpaired) electrons. The number of nitrogens with one attached hydrogen (secondary N) is 1. The van der Waals surface area contributed by atoms with Crippen molar-refractivity contribution >= 4 is 27.5 Å². The zero-order chi connectivity index (χ0) is 27.0. The van der Waals surface area contributed by atoms with Crippen molar-refractivity contribution in [1.82, 2.24) is 10.2 Å². The third-order valence-electron chi connectivity index (χ3n) is 5.87. The Labute approximate surface area is 217 Å². The maximum absolute atomic E-state index is 13.7. The summed E-state index contributed by atoms with van der Waals surface area (Å²) in [5, 5.41) is 2.56. The molecule has 9 nitrogen and oxygen atoms in total. The summed E-state index contributed by atoms with van der Waals surface area (Å²) in [5.41, 5.74) is 1.01. The molecule has 1 N–H and O–H groups in total. The fourth-order valence-corrected chi connectivity index (χ4v) is 5.19. The van der Waals surface area contributed by atoms with Gasteiger partial charge in [0.25, 0.3) is 10.0 Å². The predicted octanol–water partition coefficient (Wildman–Crippen LogP) is 3.06. The summed E-state index contributed by atoms with van der Waals surface area (Å²) < 4.78 is 38.9. The van der Waals surface area contributed by atoms with Crippen molar-refractivity contribution in [2.24, 2.45) is 0 Å². The van der Waals surface area contributed by atoms with Gasteiger partial charge in [-0.15, -0.1) is 0 Å². The fraction of sp³-hybridized carbons (Fsp3) is 0.259. The summed E-state index contributed by atoms with van der Waals surface area (Å²) in [7, 11) is 0.415.